The van der Waals surface area contributed by atoms with Crippen LogP contribution in [0, 0.1) is 0 Å². The average molecular weight is 687 g/mol. The molecule has 6 aromatic rings. The van der Waals surface area contributed by atoms with E-state index in [4.69, 9.17) is 26.8 Å². The van der Waals surface area contributed by atoms with Gasteiger partial charge in [-0.25, -0.2) is 9.97 Å². The highest BCUT2D eigenvalue weighted by Gasteiger charge is 2.22. The van der Waals surface area contributed by atoms with Crippen LogP contribution >= 0.6 is 11.6 Å². The van der Waals surface area contributed by atoms with Crippen LogP contribution in [0.15, 0.2) is 60.9 Å². The highest BCUT2D eigenvalue weighted by molar-refractivity contribution is 6.28. The van der Waals surface area contributed by atoms with Crippen LogP contribution < -0.4 is 31.2 Å². The summed E-state index contributed by atoms with van der Waals surface area (Å²) in [5.74, 6) is 2.08. The zero-order chi connectivity index (χ0) is 34.3. The van der Waals surface area contributed by atoms with Gasteiger partial charge in [-0.2, -0.15) is 19.3 Å². The van der Waals surface area contributed by atoms with E-state index in [0.29, 0.717) is 54.2 Å². The van der Waals surface area contributed by atoms with Gasteiger partial charge in [0, 0.05) is 32.0 Å². The summed E-state index contributed by atoms with van der Waals surface area (Å²) in [6, 6.07) is 14.9. The third-order valence-corrected chi connectivity index (χ3v) is 7.49. The maximum Gasteiger partial charge on any atom is 0.225 e. The molecule has 6 heterocycles. The van der Waals surface area contributed by atoms with Crippen molar-refractivity contribution in [3.8, 4) is 22.9 Å². The number of hydrogen-bond donors (Lipinski definition) is 4. The molecule has 18 nitrogen and oxygen atoms in total. The molecule has 0 bridgehead atoms. The molecule has 5 N–H and O–H groups in total. The Morgan fingerprint density at radius 3 is 1.78 bits per heavy atom. The van der Waals surface area contributed by atoms with Crippen LogP contribution in [-0.2, 0) is 9.59 Å². The number of carbonyl (C=O) groups is 2. The lowest BCUT2D eigenvalue weighted by Crippen LogP contribution is -2.23. The zero-order valence-electron chi connectivity index (χ0n) is 26.3. The standard InChI is InChI=1S/C15H15N7O2.C11H8ClN5O.C4H8N2O/c1-24-11-4-2-10(3-5-11)22-14-12(20-21-22)8-17-15(19-14)18-9-6-13(23)16-7-9;1-18-8-4-2-7(3-5-8)17-10-9(15-16-17)6-13-11(12)14-10;5-3-1-4(7)6-2-3/h2-5,8-9H,6-7H2,1H3,(H,16,23)(H,17,18,19);2-6H,1H3;3H,1-2,5H2,(H,6,7). The first-order chi connectivity index (χ1) is 23.8. The zero-order valence-corrected chi connectivity index (χ0v) is 27.1. The molecule has 2 amide bonds. The van der Waals surface area contributed by atoms with Crippen molar-refractivity contribution in [2.24, 2.45) is 5.73 Å². The molecule has 2 aromatic carbocycles. The van der Waals surface area contributed by atoms with E-state index < -0.39 is 0 Å². The molecule has 19 heteroatoms. The molecule has 0 aliphatic carbocycles. The number of amides is 2. The van der Waals surface area contributed by atoms with Gasteiger partial charge in [-0.1, -0.05) is 10.4 Å². The van der Waals surface area contributed by atoms with E-state index in [9.17, 15) is 9.59 Å². The van der Waals surface area contributed by atoms with Crippen molar-refractivity contribution in [3.05, 3.63) is 66.2 Å². The summed E-state index contributed by atoms with van der Waals surface area (Å²) in [6.45, 7) is 1.22. The van der Waals surface area contributed by atoms with E-state index >= 15 is 0 Å². The van der Waals surface area contributed by atoms with E-state index in [-0.39, 0.29) is 29.2 Å². The number of carbonyl (C=O) groups excluding carboxylic acids is 2. The molecular formula is C30H31ClN14O4. The number of ether oxygens (including phenoxy) is 2. The number of aromatic nitrogens is 10. The van der Waals surface area contributed by atoms with Crippen molar-refractivity contribution >= 4 is 51.7 Å². The minimum atomic E-state index is -0.0136. The van der Waals surface area contributed by atoms with Gasteiger partial charge >= 0.3 is 0 Å². The molecule has 2 atom stereocenters. The normalized spacial score (nSPS) is 16.7. The Morgan fingerprint density at radius 1 is 0.776 bits per heavy atom. The fourth-order valence-corrected chi connectivity index (χ4v) is 4.95. The Balaban J connectivity index is 0.000000146. The predicted molar refractivity (Wildman–Crippen MR) is 178 cm³/mol. The number of benzene rings is 2. The summed E-state index contributed by atoms with van der Waals surface area (Å²) < 4.78 is 13.5. The number of methoxy groups -OCH3 is 2. The molecule has 8 rings (SSSR count). The monoisotopic (exact) mass is 686 g/mol. The van der Waals surface area contributed by atoms with Crippen LogP contribution in [0.5, 0.6) is 11.5 Å². The molecule has 2 saturated heterocycles. The summed E-state index contributed by atoms with van der Waals surface area (Å²) >= 11 is 5.77. The lowest BCUT2D eigenvalue weighted by Gasteiger charge is -2.10. The molecule has 4 aromatic heterocycles. The third-order valence-electron chi connectivity index (χ3n) is 7.31. The van der Waals surface area contributed by atoms with Gasteiger partial charge in [0.1, 0.15) is 11.5 Å². The molecule has 2 unspecified atom stereocenters. The molecule has 2 aliphatic heterocycles. The van der Waals surface area contributed by atoms with Gasteiger partial charge in [0.2, 0.25) is 23.0 Å². The van der Waals surface area contributed by atoms with Gasteiger partial charge in [0.05, 0.1) is 44.0 Å². The second-order valence-corrected chi connectivity index (χ2v) is 11.1. The lowest BCUT2D eigenvalue weighted by atomic mass is 10.2. The van der Waals surface area contributed by atoms with Crippen molar-refractivity contribution in [1.82, 2.24) is 60.6 Å². The largest absolute Gasteiger partial charge is 0.497 e. The van der Waals surface area contributed by atoms with Crippen molar-refractivity contribution in [3.63, 3.8) is 0 Å². The molecule has 0 saturated carbocycles. The predicted octanol–water partition coefficient (Wildman–Crippen LogP) is 1.23. The Bertz CT molecular complexity index is 2070. The van der Waals surface area contributed by atoms with Crippen molar-refractivity contribution in [1.29, 1.82) is 0 Å². The fourth-order valence-electron chi connectivity index (χ4n) is 4.82. The minimum Gasteiger partial charge on any atom is -0.497 e. The Hall–Kier alpha value is -6.01. The molecule has 49 heavy (non-hydrogen) atoms. The number of anilines is 1. The van der Waals surface area contributed by atoms with E-state index in [1.807, 2.05) is 48.5 Å². The molecular weight excluding hydrogens is 656 g/mol. The van der Waals surface area contributed by atoms with Crippen LogP contribution in [0.2, 0.25) is 5.28 Å². The third kappa shape index (κ3) is 7.94. The summed E-state index contributed by atoms with van der Waals surface area (Å²) in [6.07, 6.45) is 4.07. The highest BCUT2D eigenvalue weighted by Crippen LogP contribution is 2.20. The molecule has 0 radical (unpaired) electrons. The van der Waals surface area contributed by atoms with Gasteiger partial charge < -0.3 is 31.2 Å². The second kappa shape index (κ2) is 14.8. The number of nitrogens with two attached hydrogens (primary N) is 1. The van der Waals surface area contributed by atoms with E-state index in [1.165, 1.54) is 6.20 Å². The maximum atomic E-state index is 11.3. The maximum absolute atomic E-state index is 11.3. The van der Waals surface area contributed by atoms with E-state index in [1.54, 1.807) is 29.8 Å². The van der Waals surface area contributed by atoms with Crippen molar-refractivity contribution in [2.45, 2.75) is 24.9 Å². The summed E-state index contributed by atoms with van der Waals surface area (Å²) in [4.78, 5) is 38.2. The molecule has 2 fully saturated rings. The number of hydrogen-bond acceptors (Lipinski definition) is 14. The summed E-state index contributed by atoms with van der Waals surface area (Å²) in [7, 11) is 3.24. The van der Waals surface area contributed by atoms with Crippen LogP contribution in [0.1, 0.15) is 12.8 Å². The quantitative estimate of drug-likeness (QED) is 0.181. The van der Waals surface area contributed by atoms with Gasteiger partial charge in [-0.05, 0) is 60.1 Å². The molecule has 252 valence electrons. The van der Waals surface area contributed by atoms with Crippen LogP contribution in [0.25, 0.3) is 33.7 Å². The molecule has 2 aliphatic rings. The van der Waals surface area contributed by atoms with Gasteiger partial charge in [0.25, 0.3) is 0 Å². The van der Waals surface area contributed by atoms with Crippen LogP contribution in [0.4, 0.5) is 5.95 Å². The second-order valence-electron chi connectivity index (χ2n) is 10.8. The first-order valence-electron chi connectivity index (χ1n) is 15.0. The first kappa shape index (κ1) is 32.9. The Morgan fingerprint density at radius 2 is 1.31 bits per heavy atom. The van der Waals surface area contributed by atoms with Crippen molar-refractivity contribution in [2.75, 3.05) is 32.6 Å². The van der Waals surface area contributed by atoms with E-state index in [2.05, 4.69) is 56.5 Å². The summed E-state index contributed by atoms with van der Waals surface area (Å²) in [5, 5.41) is 24.9. The van der Waals surface area contributed by atoms with Gasteiger partial charge in [-0.3, -0.25) is 9.59 Å². The number of nitrogens with zero attached hydrogens (tertiary/aromatic N) is 10. The van der Waals surface area contributed by atoms with Gasteiger partial charge in [-0.15, -0.1) is 10.2 Å². The average Bonchev–Trinajstić information content (AvgIpc) is 3.92. The molecule has 0 spiro atoms. The minimum absolute atomic E-state index is 0.0136. The Kier molecular flexibility index (Phi) is 9.96. The lowest BCUT2D eigenvalue weighted by molar-refractivity contribution is -0.120. The SMILES string of the molecule is COc1ccc(-n2nnc3cnc(Cl)nc32)cc1.COc1ccc(-n2nnc3cnc(NC4CNC(=O)C4)nc32)cc1.NC1CNC(=O)C1. The summed E-state index contributed by atoms with van der Waals surface area (Å²) in [5.41, 5.74) is 9.34. The fraction of sp³-hybridized carbons (Fsp3) is 0.267. The highest BCUT2D eigenvalue weighted by atomic mass is 35.5. The van der Waals surface area contributed by atoms with E-state index in [0.717, 1.165) is 22.9 Å². The van der Waals surface area contributed by atoms with Crippen LogP contribution in [-0.4, -0.2) is 101 Å². The number of fused-ring (bicyclic) bond motifs is 2. The van der Waals surface area contributed by atoms with Crippen molar-refractivity contribution < 1.29 is 19.1 Å². The van der Waals surface area contributed by atoms with Crippen LogP contribution in [0.3, 0.4) is 0 Å². The first-order valence-corrected chi connectivity index (χ1v) is 15.3. The number of nitrogens with one attached hydrogen (secondary N) is 3. The topological polar surface area (TPSA) is 228 Å². The number of halogens is 1. The number of rotatable bonds is 6. The Labute approximate surface area is 283 Å². The smallest absolute Gasteiger partial charge is 0.225 e. The van der Waals surface area contributed by atoms with Gasteiger partial charge in [0.15, 0.2) is 22.3 Å².